The van der Waals surface area contributed by atoms with E-state index in [1.165, 1.54) is 18.6 Å². The van der Waals surface area contributed by atoms with Crippen LogP contribution in [0.2, 0.25) is 0 Å². The van der Waals surface area contributed by atoms with Gasteiger partial charge in [0.15, 0.2) is 0 Å². The highest BCUT2D eigenvalue weighted by molar-refractivity contribution is 5.55. The van der Waals surface area contributed by atoms with Gasteiger partial charge in [-0.25, -0.2) is 18.4 Å². The lowest BCUT2D eigenvalue weighted by Crippen LogP contribution is -2.48. The molecular weight excluding hydrogens is 370 g/mol. The lowest BCUT2D eigenvalue weighted by Gasteiger charge is -2.37. The molecular formula is C17H20F2N8O. The normalized spacial score (nSPS) is 15.0. The molecule has 4 rings (SSSR count). The van der Waals surface area contributed by atoms with E-state index in [1.807, 2.05) is 18.7 Å². The summed E-state index contributed by atoms with van der Waals surface area (Å²) in [5, 5.41) is 8.16. The molecule has 0 saturated carbocycles. The van der Waals surface area contributed by atoms with Crippen LogP contribution >= 0.6 is 0 Å². The van der Waals surface area contributed by atoms with Gasteiger partial charge < -0.3 is 9.80 Å². The van der Waals surface area contributed by atoms with Gasteiger partial charge in [0.05, 0.1) is 11.9 Å². The zero-order valence-corrected chi connectivity index (χ0v) is 15.6. The smallest absolute Gasteiger partial charge is 0.269 e. The molecule has 1 fully saturated rings. The Labute approximate surface area is 159 Å². The third-order valence-corrected chi connectivity index (χ3v) is 4.99. The van der Waals surface area contributed by atoms with Crippen LogP contribution in [0.3, 0.4) is 0 Å². The highest BCUT2D eigenvalue weighted by atomic mass is 19.3. The topological polar surface area (TPSA) is 84.4 Å². The van der Waals surface area contributed by atoms with Gasteiger partial charge in [0.1, 0.15) is 18.7 Å². The van der Waals surface area contributed by atoms with Gasteiger partial charge in [0.2, 0.25) is 0 Å². The largest absolute Gasteiger partial charge is 0.367 e. The van der Waals surface area contributed by atoms with E-state index in [0.29, 0.717) is 37.6 Å². The summed E-state index contributed by atoms with van der Waals surface area (Å²) in [5.74, 6) is 1.53. The van der Waals surface area contributed by atoms with Gasteiger partial charge in [0.25, 0.3) is 17.8 Å². The first kappa shape index (κ1) is 18.3. The predicted octanol–water partition coefficient (Wildman–Crippen LogP) is 0.890. The zero-order valence-electron chi connectivity index (χ0n) is 15.6. The molecule has 3 aromatic rings. The molecule has 3 aromatic heterocycles. The van der Waals surface area contributed by atoms with Crippen LogP contribution < -0.4 is 15.4 Å². The number of fused-ring (bicyclic) bond motifs is 1. The monoisotopic (exact) mass is 390 g/mol. The molecule has 11 heteroatoms. The molecule has 4 heterocycles. The Morgan fingerprint density at radius 3 is 2.50 bits per heavy atom. The Kier molecular flexibility index (Phi) is 4.65. The maximum Gasteiger partial charge on any atom is 0.269 e. The molecule has 1 saturated heterocycles. The molecule has 0 bridgehead atoms. The Balaban J connectivity index is 1.53. The molecule has 28 heavy (non-hydrogen) atoms. The van der Waals surface area contributed by atoms with Gasteiger partial charge in [-0.2, -0.15) is 19.7 Å². The third kappa shape index (κ3) is 3.27. The van der Waals surface area contributed by atoms with Crippen LogP contribution in [-0.4, -0.2) is 62.0 Å². The van der Waals surface area contributed by atoms with Gasteiger partial charge in [-0.3, -0.25) is 4.79 Å². The van der Waals surface area contributed by atoms with E-state index >= 15 is 0 Å². The molecule has 0 aliphatic carbocycles. The van der Waals surface area contributed by atoms with Crippen LogP contribution in [0.15, 0.2) is 23.4 Å². The van der Waals surface area contributed by atoms with Crippen LogP contribution in [0.4, 0.5) is 20.3 Å². The van der Waals surface area contributed by atoms with E-state index in [9.17, 15) is 13.6 Å². The highest BCUT2D eigenvalue weighted by Crippen LogP contribution is 2.24. The van der Waals surface area contributed by atoms with Crippen molar-refractivity contribution in [3.05, 3.63) is 40.2 Å². The van der Waals surface area contributed by atoms with Crippen molar-refractivity contribution in [3.63, 3.8) is 0 Å². The minimum absolute atomic E-state index is 0.523. The van der Waals surface area contributed by atoms with Crippen molar-refractivity contribution in [2.24, 2.45) is 0 Å². The number of nitrogens with zero attached hydrogens (tertiary/aromatic N) is 8. The molecule has 0 spiro atoms. The lowest BCUT2D eigenvalue weighted by molar-refractivity contribution is 0.119. The van der Waals surface area contributed by atoms with Crippen molar-refractivity contribution in [3.8, 4) is 0 Å². The second-order valence-corrected chi connectivity index (χ2v) is 6.72. The first-order chi connectivity index (χ1) is 13.4. The Hall–Kier alpha value is -3.11. The van der Waals surface area contributed by atoms with E-state index in [4.69, 9.17) is 0 Å². The fourth-order valence-corrected chi connectivity index (χ4v) is 3.43. The number of aryl methyl sites for hydroxylation is 1. The average molecular weight is 390 g/mol. The maximum atomic E-state index is 12.5. The summed E-state index contributed by atoms with van der Waals surface area (Å²) in [7, 11) is 0. The van der Waals surface area contributed by atoms with Crippen molar-refractivity contribution < 1.29 is 8.78 Å². The van der Waals surface area contributed by atoms with E-state index in [2.05, 4.69) is 25.1 Å². The van der Waals surface area contributed by atoms with Gasteiger partial charge in [0, 0.05) is 43.5 Å². The minimum atomic E-state index is -2.61. The molecule has 0 aromatic carbocycles. The van der Waals surface area contributed by atoms with Gasteiger partial charge in [-0.15, -0.1) is 0 Å². The van der Waals surface area contributed by atoms with Gasteiger partial charge >= 0.3 is 0 Å². The Morgan fingerprint density at radius 2 is 1.82 bits per heavy atom. The third-order valence-electron chi connectivity index (χ3n) is 4.99. The SMILES string of the molecule is Cc1nc2ncnn2c(N2CCN(c3cnn(CC(F)F)c(=O)c3)CC2)c1C. The van der Waals surface area contributed by atoms with E-state index < -0.39 is 18.5 Å². The molecule has 0 radical (unpaired) electrons. The Morgan fingerprint density at radius 1 is 1.11 bits per heavy atom. The number of halogens is 2. The van der Waals surface area contributed by atoms with Crippen LogP contribution in [0, 0.1) is 13.8 Å². The first-order valence-electron chi connectivity index (χ1n) is 8.96. The van der Waals surface area contributed by atoms with Crippen LogP contribution in [0.5, 0.6) is 0 Å². The average Bonchev–Trinajstić information content (AvgIpc) is 3.12. The zero-order chi connectivity index (χ0) is 19.8. The van der Waals surface area contributed by atoms with Crippen molar-refractivity contribution in [2.45, 2.75) is 26.8 Å². The van der Waals surface area contributed by atoms with Gasteiger partial charge in [-0.1, -0.05) is 0 Å². The summed E-state index contributed by atoms with van der Waals surface area (Å²) in [5.41, 5.74) is 2.07. The second kappa shape index (κ2) is 7.13. The number of hydrogen-bond donors (Lipinski definition) is 0. The molecule has 0 amide bonds. The summed E-state index contributed by atoms with van der Waals surface area (Å²) >= 11 is 0. The van der Waals surface area contributed by atoms with E-state index in [0.717, 1.165) is 21.8 Å². The fourth-order valence-electron chi connectivity index (χ4n) is 3.43. The summed E-state index contributed by atoms with van der Waals surface area (Å²) in [6.45, 7) is 6.01. The fraction of sp³-hybridized carbons (Fsp3) is 0.471. The summed E-state index contributed by atoms with van der Waals surface area (Å²) in [6.07, 6.45) is 0.345. The van der Waals surface area contributed by atoms with E-state index in [1.54, 1.807) is 4.52 Å². The van der Waals surface area contributed by atoms with Crippen molar-refractivity contribution in [1.82, 2.24) is 29.4 Å². The highest BCUT2D eigenvalue weighted by Gasteiger charge is 2.23. The quantitative estimate of drug-likeness (QED) is 0.654. The number of aromatic nitrogens is 6. The van der Waals surface area contributed by atoms with Crippen LogP contribution in [0.1, 0.15) is 11.3 Å². The van der Waals surface area contributed by atoms with Crippen molar-refractivity contribution in [1.29, 1.82) is 0 Å². The maximum absolute atomic E-state index is 12.5. The summed E-state index contributed by atoms with van der Waals surface area (Å²) < 4.78 is 27.5. The summed E-state index contributed by atoms with van der Waals surface area (Å²) in [4.78, 5) is 24.9. The standard InChI is InChI=1S/C17H20F2N8O/c1-11-12(2)23-17-20-10-22-27(17)16(11)25-5-3-24(4-6-25)13-7-15(28)26(21-8-13)9-14(18)19/h7-8,10,14H,3-6,9H2,1-2H3. The number of anilines is 2. The Bertz CT molecular complexity index is 1050. The molecule has 148 valence electrons. The molecule has 9 nitrogen and oxygen atoms in total. The molecule has 1 aliphatic rings. The molecule has 0 unspecified atom stereocenters. The lowest BCUT2D eigenvalue weighted by atomic mass is 10.2. The van der Waals surface area contributed by atoms with Gasteiger partial charge in [-0.05, 0) is 13.8 Å². The summed E-state index contributed by atoms with van der Waals surface area (Å²) in [6, 6.07) is 1.36. The van der Waals surface area contributed by atoms with Crippen molar-refractivity contribution >= 4 is 17.3 Å². The first-order valence-corrected chi connectivity index (χ1v) is 8.96. The predicted molar refractivity (Wildman–Crippen MR) is 99.2 cm³/mol. The molecule has 0 N–H and O–H groups in total. The second-order valence-electron chi connectivity index (χ2n) is 6.72. The number of piperazine rings is 1. The molecule has 0 atom stereocenters. The van der Waals surface area contributed by atoms with Crippen LogP contribution in [0.25, 0.3) is 5.78 Å². The number of rotatable bonds is 4. The van der Waals surface area contributed by atoms with E-state index in [-0.39, 0.29) is 0 Å². The molecule has 1 aliphatic heterocycles. The van der Waals surface area contributed by atoms with Crippen molar-refractivity contribution in [2.75, 3.05) is 36.0 Å². The number of hydrogen-bond acceptors (Lipinski definition) is 7. The number of alkyl halides is 2. The minimum Gasteiger partial charge on any atom is -0.367 e. The van der Waals surface area contributed by atoms with Crippen LogP contribution in [-0.2, 0) is 6.54 Å².